The van der Waals surface area contributed by atoms with Crippen LogP contribution in [0.1, 0.15) is 36.8 Å². The highest BCUT2D eigenvalue weighted by atomic mass is 35.5. The summed E-state index contributed by atoms with van der Waals surface area (Å²) in [6, 6.07) is 8.63. The molecule has 1 aromatic carbocycles. The normalized spacial score (nSPS) is 11.4. The van der Waals surface area contributed by atoms with Crippen LogP contribution in [0, 0.1) is 0 Å². The number of halogens is 1. The molecule has 100 valence electrons. The number of carbonyl (C=O) groups excluding carboxylic acids is 1. The first kappa shape index (κ1) is 13.6. The molecule has 0 aliphatic heterocycles. The Morgan fingerprint density at radius 3 is 2.63 bits per heavy atom. The molecule has 0 spiro atoms. The lowest BCUT2D eigenvalue weighted by molar-refractivity contribution is 0.102. The molecule has 0 bridgehead atoms. The van der Waals surface area contributed by atoms with Gasteiger partial charge in [-0.2, -0.15) is 5.10 Å². The van der Waals surface area contributed by atoms with Gasteiger partial charge in [0.1, 0.15) is 0 Å². The molecule has 0 saturated carbocycles. The van der Waals surface area contributed by atoms with Crippen LogP contribution in [-0.2, 0) is 5.41 Å². The average Bonchev–Trinajstić information content (AvgIpc) is 2.77. The van der Waals surface area contributed by atoms with Crippen molar-refractivity contribution in [3.05, 3.63) is 46.6 Å². The minimum atomic E-state index is -0.227. The first-order valence-corrected chi connectivity index (χ1v) is 6.37. The number of aromatic nitrogens is 2. The van der Waals surface area contributed by atoms with Gasteiger partial charge in [0.25, 0.3) is 5.91 Å². The van der Waals surface area contributed by atoms with E-state index in [4.69, 9.17) is 11.6 Å². The van der Waals surface area contributed by atoms with E-state index in [9.17, 15) is 4.79 Å². The van der Waals surface area contributed by atoms with Gasteiger partial charge in [-0.05, 0) is 18.2 Å². The molecule has 19 heavy (non-hydrogen) atoms. The van der Waals surface area contributed by atoms with Gasteiger partial charge in [0.15, 0.2) is 5.82 Å². The Balaban J connectivity index is 2.13. The minimum absolute atomic E-state index is 0.0357. The fourth-order valence-corrected chi connectivity index (χ4v) is 1.78. The van der Waals surface area contributed by atoms with Crippen LogP contribution in [0.25, 0.3) is 0 Å². The summed E-state index contributed by atoms with van der Waals surface area (Å²) in [5.74, 6) is 0.282. The molecular formula is C14H16ClN3O. The first-order chi connectivity index (χ1) is 8.86. The van der Waals surface area contributed by atoms with Gasteiger partial charge in [-0.25, -0.2) is 0 Å². The number of nitrogens with zero attached hydrogens (tertiary/aromatic N) is 1. The zero-order chi connectivity index (χ0) is 14.0. The molecule has 5 heteroatoms. The smallest absolute Gasteiger partial charge is 0.256 e. The van der Waals surface area contributed by atoms with Crippen molar-refractivity contribution in [1.29, 1.82) is 0 Å². The second-order valence-electron chi connectivity index (χ2n) is 5.38. The third-order valence-corrected chi connectivity index (χ3v) is 2.95. The summed E-state index contributed by atoms with van der Waals surface area (Å²) in [4.78, 5) is 12.0. The Bertz CT molecular complexity index is 599. The lowest BCUT2D eigenvalue weighted by Crippen LogP contribution is -2.12. The Kier molecular flexibility index (Phi) is 3.62. The van der Waals surface area contributed by atoms with Crippen LogP contribution in [-0.4, -0.2) is 16.1 Å². The average molecular weight is 278 g/mol. The molecular weight excluding hydrogens is 262 g/mol. The lowest BCUT2D eigenvalue weighted by atomic mass is 9.92. The van der Waals surface area contributed by atoms with E-state index in [-0.39, 0.29) is 11.3 Å². The maximum atomic E-state index is 12.0. The third-order valence-electron chi connectivity index (χ3n) is 2.71. The van der Waals surface area contributed by atoms with Crippen LogP contribution >= 0.6 is 11.6 Å². The van der Waals surface area contributed by atoms with E-state index in [1.807, 2.05) is 6.07 Å². The summed E-state index contributed by atoms with van der Waals surface area (Å²) >= 11 is 5.85. The highest BCUT2D eigenvalue weighted by molar-refractivity contribution is 6.31. The maximum absolute atomic E-state index is 12.0. The maximum Gasteiger partial charge on any atom is 0.256 e. The molecule has 0 fully saturated rings. The fourth-order valence-electron chi connectivity index (χ4n) is 1.59. The molecule has 0 unspecified atom stereocenters. The molecule has 1 aromatic heterocycles. The van der Waals surface area contributed by atoms with Gasteiger partial charge in [0, 0.05) is 27.8 Å². The van der Waals surface area contributed by atoms with Crippen molar-refractivity contribution in [3.8, 4) is 0 Å². The summed E-state index contributed by atoms with van der Waals surface area (Å²) in [6.45, 7) is 6.22. The van der Waals surface area contributed by atoms with Crippen LogP contribution in [0.5, 0.6) is 0 Å². The van der Waals surface area contributed by atoms with E-state index < -0.39 is 0 Å². The quantitative estimate of drug-likeness (QED) is 0.881. The van der Waals surface area contributed by atoms with E-state index in [2.05, 4.69) is 36.3 Å². The van der Waals surface area contributed by atoms with E-state index in [1.54, 1.807) is 24.3 Å². The number of rotatable bonds is 2. The highest BCUT2D eigenvalue weighted by Crippen LogP contribution is 2.22. The standard InChI is InChI=1S/C14H16ClN3O/c1-14(2,3)11-8-12(18-17-11)16-13(19)9-5-4-6-10(15)7-9/h4-8H,1-3H3,(H2,16,17,18,19). The van der Waals surface area contributed by atoms with E-state index in [0.29, 0.717) is 16.4 Å². The van der Waals surface area contributed by atoms with Crippen LogP contribution in [0.15, 0.2) is 30.3 Å². The predicted molar refractivity (Wildman–Crippen MR) is 76.7 cm³/mol. The van der Waals surface area contributed by atoms with E-state index >= 15 is 0 Å². The number of anilines is 1. The Morgan fingerprint density at radius 2 is 2.05 bits per heavy atom. The van der Waals surface area contributed by atoms with Crippen molar-refractivity contribution in [2.24, 2.45) is 0 Å². The highest BCUT2D eigenvalue weighted by Gasteiger charge is 2.17. The molecule has 0 saturated heterocycles. The number of benzene rings is 1. The minimum Gasteiger partial charge on any atom is -0.305 e. The number of hydrogen-bond donors (Lipinski definition) is 2. The fraction of sp³-hybridized carbons (Fsp3) is 0.286. The van der Waals surface area contributed by atoms with Gasteiger partial charge < -0.3 is 5.32 Å². The number of amides is 1. The zero-order valence-corrected chi connectivity index (χ0v) is 11.9. The first-order valence-electron chi connectivity index (χ1n) is 5.99. The summed E-state index contributed by atoms with van der Waals surface area (Å²) in [5, 5.41) is 10.3. The Hall–Kier alpha value is -1.81. The summed E-state index contributed by atoms with van der Waals surface area (Å²) in [5.41, 5.74) is 1.44. The van der Waals surface area contributed by atoms with Crippen LogP contribution in [0.4, 0.5) is 5.82 Å². The van der Waals surface area contributed by atoms with Crippen molar-refractivity contribution < 1.29 is 4.79 Å². The second kappa shape index (κ2) is 5.05. The monoisotopic (exact) mass is 277 g/mol. The lowest BCUT2D eigenvalue weighted by Gasteiger charge is -2.14. The number of carbonyl (C=O) groups is 1. The summed E-state index contributed by atoms with van der Waals surface area (Å²) in [6.07, 6.45) is 0. The van der Waals surface area contributed by atoms with Gasteiger partial charge in [-0.3, -0.25) is 9.89 Å². The molecule has 2 rings (SSSR count). The zero-order valence-electron chi connectivity index (χ0n) is 11.1. The van der Waals surface area contributed by atoms with Crippen molar-refractivity contribution in [1.82, 2.24) is 10.2 Å². The Morgan fingerprint density at radius 1 is 1.32 bits per heavy atom. The van der Waals surface area contributed by atoms with E-state index in [1.165, 1.54) is 0 Å². The topological polar surface area (TPSA) is 57.8 Å². The summed E-state index contributed by atoms with van der Waals surface area (Å²) < 4.78 is 0. The molecule has 2 N–H and O–H groups in total. The van der Waals surface area contributed by atoms with Gasteiger partial charge >= 0.3 is 0 Å². The molecule has 1 heterocycles. The van der Waals surface area contributed by atoms with Crippen molar-refractivity contribution in [2.75, 3.05) is 5.32 Å². The molecule has 0 aliphatic rings. The third kappa shape index (κ3) is 3.35. The van der Waals surface area contributed by atoms with Crippen molar-refractivity contribution in [3.63, 3.8) is 0 Å². The largest absolute Gasteiger partial charge is 0.305 e. The van der Waals surface area contributed by atoms with Crippen molar-refractivity contribution >= 4 is 23.3 Å². The van der Waals surface area contributed by atoms with Gasteiger partial charge in [-0.15, -0.1) is 0 Å². The second-order valence-corrected chi connectivity index (χ2v) is 5.82. The van der Waals surface area contributed by atoms with Crippen LogP contribution < -0.4 is 5.32 Å². The Labute approximate surface area is 117 Å². The number of aromatic amines is 1. The molecule has 0 aliphatic carbocycles. The molecule has 0 radical (unpaired) electrons. The SMILES string of the molecule is CC(C)(C)c1cc(NC(=O)c2cccc(Cl)c2)n[nH]1. The number of nitrogens with one attached hydrogen (secondary N) is 2. The predicted octanol–water partition coefficient (Wildman–Crippen LogP) is 3.61. The van der Waals surface area contributed by atoms with Gasteiger partial charge in [0.05, 0.1) is 0 Å². The summed E-state index contributed by atoms with van der Waals surface area (Å²) in [7, 11) is 0. The van der Waals surface area contributed by atoms with Crippen molar-refractivity contribution in [2.45, 2.75) is 26.2 Å². The molecule has 1 amide bonds. The molecule has 4 nitrogen and oxygen atoms in total. The molecule has 2 aromatic rings. The number of hydrogen-bond acceptors (Lipinski definition) is 2. The number of H-pyrrole nitrogens is 1. The van der Waals surface area contributed by atoms with Crippen LogP contribution in [0.2, 0.25) is 5.02 Å². The molecule has 0 atom stereocenters. The van der Waals surface area contributed by atoms with Crippen LogP contribution in [0.3, 0.4) is 0 Å². The van der Waals surface area contributed by atoms with Gasteiger partial charge in [0.2, 0.25) is 0 Å². The van der Waals surface area contributed by atoms with E-state index in [0.717, 1.165) is 5.69 Å². The van der Waals surface area contributed by atoms with Gasteiger partial charge in [-0.1, -0.05) is 38.4 Å².